The van der Waals surface area contributed by atoms with Crippen LogP contribution in [-0.4, -0.2) is 38.8 Å². The van der Waals surface area contributed by atoms with E-state index in [1.807, 2.05) is 79.7 Å². The van der Waals surface area contributed by atoms with Crippen LogP contribution in [0, 0.1) is 5.92 Å². The van der Waals surface area contributed by atoms with Gasteiger partial charge in [0.25, 0.3) is 0 Å². The fourth-order valence-electron chi connectivity index (χ4n) is 5.70. The minimum Gasteiger partial charge on any atom is -0.497 e. The van der Waals surface area contributed by atoms with Crippen LogP contribution in [0.1, 0.15) is 48.3 Å². The van der Waals surface area contributed by atoms with Gasteiger partial charge >= 0.3 is 5.97 Å². The second-order valence-corrected chi connectivity index (χ2v) is 10.1. The third-order valence-corrected chi connectivity index (χ3v) is 7.71. The van der Waals surface area contributed by atoms with E-state index in [1.165, 1.54) is 7.11 Å². The summed E-state index contributed by atoms with van der Waals surface area (Å²) in [7, 11) is 4.57. The average molecular weight is 540 g/mol. The van der Waals surface area contributed by atoms with Crippen molar-refractivity contribution in [2.45, 2.75) is 38.2 Å². The lowest BCUT2D eigenvalue weighted by molar-refractivity contribution is -0.143. The van der Waals surface area contributed by atoms with Crippen molar-refractivity contribution >= 4 is 17.5 Å². The fourth-order valence-corrected chi connectivity index (χ4v) is 5.70. The van der Waals surface area contributed by atoms with Crippen molar-refractivity contribution in [3.8, 4) is 17.2 Å². The van der Waals surface area contributed by atoms with E-state index < -0.39 is 17.8 Å². The van der Waals surface area contributed by atoms with Crippen LogP contribution in [0.2, 0.25) is 0 Å². The molecule has 0 amide bonds. The third kappa shape index (κ3) is 5.37. The van der Waals surface area contributed by atoms with Crippen LogP contribution in [0.4, 0.5) is 0 Å². The number of carbonyl (C=O) groups is 2. The topological polar surface area (TPSA) is 83.4 Å². The van der Waals surface area contributed by atoms with Gasteiger partial charge in [-0.1, -0.05) is 48.5 Å². The Bertz CT molecular complexity index is 1460. The van der Waals surface area contributed by atoms with Gasteiger partial charge in [-0.3, -0.25) is 14.6 Å². The van der Waals surface area contributed by atoms with Crippen molar-refractivity contribution in [1.82, 2.24) is 0 Å². The summed E-state index contributed by atoms with van der Waals surface area (Å²) in [5.41, 5.74) is 4.79. The molecule has 206 valence electrons. The van der Waals surface area contributed by atoms with Crippen molar-refractivity contribution in [2.24, 2.45) is 10.9 Å². The van der Waals surface area contributed by atoms with E-state index in [0.29, 0.717) is 42.2 Å². The van der Waals surface area contributed by atoms with Crippen LogP contribution in [0.5, 0.6) is 17.2 Å². The lowest BCUT2D eigenvalue weighted by Gasteiger charge is -2.36. The van der Waals surface area contributed by atoms with Gasteiger partial charge in [-0.05, 0) is 60.2 Å². The van der Waals surface area contributed by atoms with E-state index in [1.54, 1.807) is 14.2 Å². The first-order valence-corrected chi connectivity index (χ1v) is 13.3. The molecule has 3 atom stereocenters. The number of hydrogen-bond acceptors (Lipinski definition) is 7. The molecule has 3 aromatic carbocycles. The molecule has 0 radical (unpaired) electrons. The summed E-state index contributed by atoms with van der Waals surface area (Å²) >= 11 is 0. The first-order valence-electron chi connectivity index (χ1n) is 13.3. The lowest BCUT2D eigenvalue weighted by atomic mass is 9.69. The number of rotatable bonds is 8. The van der Waals surface area contributed by atoms with Gasteiger partial charge in [0.15, 0.2) is 17.3 Å². The van der Waals surface area contributed by atoms with Crippen LogP contribution in [0.25, 0.3) is 0 Å². The number of Topliss-reactive ketones (excluding diaryl/α,β-unsaturated/α-hetero) is 1. The molecule has 0 spiro atoms. The molecular formula is C33H33NO6. The van der Waals surface area contributed by atoms with Gasteiger partial charge in [0.05, 0.1) is 21.3 Å². The highest BCUT2D eigenvalue weighted by atomic mass is 16.5. The molecule has 0 saturated heterocycles. The highest BCUT2D eigenvalue weighted by molar-refractivity contribution is 6.09. The number of benzene rings is 3. The van der Waals surface area contributed by atoms with E-state index in [2.05, 4.69) is 0 Å². The maximum absolute atomic E-state index is 13.8. The zero-order valence-corrected chi connectivity index (χ0v) is 23.2. The van der Waals surface area contributed by atoms with E-state index >= 15 is 0 Å². The van der Waals surface area contributed by atoms with E-state index in [9.17, 15) is 9.59 Å². The molecule has 0 saturated carbocycles. The second kappa shape index (κ2) is 11.8. The Morgan fingerprint density at radius 3 is 2.27 bits per heavy atom. The van der Waals surface area contributed by atoms with E-state index in [0.717, 1.165) is 28.1 Å². The highest BCUT2D eigenvalue weighted by Gasteiger charge is 2.44. The molecule has 0 aromatic heterocycles. The highest BCUT2D eigenvalue weighted by Crippen LogP contribution is 2.48. The van der Waals surface area contributed by atoms with Gasteiger partial charge in [0, 0.05) is 29.3 Å². The smallest absolute Gasteiger partial charge is 0.315 e. The monoisotopic (exact) mass is 539 g/mol. The van der Waals surface area contributed by atoms with Crippen molar-refractivity contribution in [2.75, 3.05) is 21.3 Å². The second-order valence-electron chi connectivity index (χ2n) is 10.1. The van der Waals surface area contributed by atoms with Gasteiger partial charge in [0.1, 0.15) is 18.3 Å². The first-order chi connectivity index (χ1) is 19.4. The minimum atomic E-state index is -0.717. The molecule has 2 aliphatic rings. The minimum absolute atomic E-state index is 0.00710. The number of hydrogen-bond donors (Lipinski definition) is 0. The molecule has 0 bridgehead atoms. The molecule has 7 heteroatoms. The van der Waals surface area contributed by atoms with Crippen LogP contribution >= 0.6 is 0 Å². The summed E-state index contributed by atoms with van der Waals surface area (Å²) in [5.74, 6) is 0.170. The van der Waals surface area contributed by atoms with E-state index in [-0.39, 0.29) is 11.7 Å². The van der Waals surface area contributed by atoms with Crippen molar-refractivity contribution in [3.05, 3.63) is 101 Å². The Hall–Kier alpha value is -4.39. The zero-order chi connectivity index (χ0) is 28.2. The van der Waals surface area contributed by atoms with Gasteiger partial charge in [-0.2, -0.15) is 0 Å². The van der Waals surface area contributed by atoms with E-state index in [4.69, 9.17) is 23.9 Å². The molecule has 1 unspecified atom stereocenters. The van der Waals surface area contributed by atoms with Crippen LogP contribution in [-0.2, 0) is 20.9 Å². The molecule has 0 fully saturated rings. The predicted octanol–water partition coefficient (Wildman–Crippen LogP) is 6.03. The van der Waals surface area contributed by atoms with Gasteiger partial charge < -0.3 is 18.9 Å². The Morgan fingerprint density at radius 1 is 0.875 bits per heavy atom. The van der Waals surface area contributed by atoms with Crippen LogP contribution in [0.3, 0.4) is 0 Å². The molecule has 3 aromatic rings. The Kier molecular flexibility index (Phi) is 8.01. The summed E-state index contributed by atoms with van der Waals surface area (Å²) in [6.45, 7) is 2.21. The zero-order valence-electron chi connectivity index (χ0n) is 23.2. The Morgan fingerprint density at radius 2 is 1.60 bits per heavy atom. The number of esters is 1. The van der Waals surface area contributed by atoms with Crippen molar-refractivity contribution < 1.29 is 28.5 Å². The van der Waals surface area contributed by atoms with Gasteiger partial charge in [-0.15, -0.1) is 0 Å². The summed E-state index contributed by atoms with van der Waals surface area (Å²) in [4.78, 5) is 31.7. The number of carbonyl (C=O) groups excluding carboxylic acids is 2. The predicted molar refractivity (Wildman–Crippen MR) is 152 cm³/mol. The summed E-state index contributed by atoms with van der Waals surface area (Å²) in [5, 5.41) is 0. The first kappa shape index (κ1) is 27.2. The number of ketones is 1. The Labute approximate surface area is 234 Å². The molecule has 1 heterocycles. The fraction of sp³-hybridized carbons (Fsp3) is 0.303. The van der Waals surface area contributed by atoms with Crippen LogP contribution < -0.4 is 14.2 Å². The molecule has 1 aliphatic carbocycles. The molecule has 7 nitrogen and oxygen atoms in total. The third-order valence-electron chi connectivity index (χ3n) is 7.71. The van der Waals surface area contributed by atoms with Crippen LogP contribution in [0.15, 0.2) is 89.1 Å². The lowest BCUT2D eigenvalue weighted by Crippen LogP contribution is -2.37. The standard InChI is InChI=1S/C33H33NO6/c1-20-30(33(36)39-4)31(23-12-15-28(29(18-23)38-3)40-19-21-8-6-5-7-9-21)32-26(34-20)16-24(17-27(32)35)22-10-13-25(37-2)14-11-22/h5-15,18,24,30-31H,16-17,19H2,1-4H3/t24-,30?,31-/m0/s1. The SMILES string of the molecule is COC(=O)C1C(C)=NC2=C(C(=O)C[C@@H](c3ccc(OC)cc3)C2)[C@H]1c1ccc(OCc2ccccc2)c(OC)c1. The molecule has 0 N–H and O–H groups in total. The maximum Gasteiger partial charge on any atom is 0.315 e. The number of allylic oxidation sites excluding steroid dienone is 2. The summed E-state index contributed by atoms with van der Waals surface area (Å²) in [6.07, 6.45) is 0.935. The average Bonchev–Trinajstić information content (AvgIpc) is 2.99. The molecule has 5 rings (SSSR count). The van der Waals surface area contributed by atoms with Gasteiger partial charge in [-0.25, -0.2) is 0 Å². The summed E-state index contributed by atoms with van der Waals surface area (Å²) in [6, 6.07) is 23.3. The number of aliphatic imine (C=N–C) groups is 1. The molecular weight excluding hydrogens is 506 g/mol. The number of methoxy groups -OCH3 is 3. The number of nitrogens with zero attached hydrogens (tertiary/aromatic N) is 1. The number of ether oxygens (including phenoxy) is 4. The maximum atomic E-state index is 13.8. The Balaban J connectivity index is 1.51. The van der Waals surface area contributed by atoms with Gasteiger partial charge in [0.2, 0.25) is 0 Å². The van der Waals surface area contributed by atoms with Crippen molar-refractivity contribution in [3.63, 3.8) is 0 Å². The largest absolute Gasteiger partial charge is 0.497 e. The normalized spacial score (nSPS) is 20.4. The molecule has 1 aliphatic heterocycles. The molecule has 40 heavy (non-hydrogen) atoms. The quantitative estimate of drug-likeness (QED) is 0.325. The summed E-state index contributed by atoms with van der Waals surface area (Å²) < 4.78 is 22.2. The van der Waals surface area contributed by atoms with Crippen molar-refractivity contribution in [1.29, 1.82) is 0 Å².